The number of hydrogen-bond acceptors (Lipinski definition) is 3. The molecule has 64 valence electrons. The summed E-state index contributed by atoms with van der Waals surface area (Å²) in [6, 6.07) is 0. The molecule has 0 radical (unpaired) electrons. The van der Waals surface area contributed by atoms with Gasteiger partial charge >= 0.3 is 0 Å². The predicted octanol–water partition coefficient (Wildman–Crippen LogP) is 0.484. The Bertz CT molecular complexity index is 44.8. The van der Waals surface area contributed by atoms with Gasteiger partial charge in [0.1, 0.15) is 0 Å². The van der Waals surface area contributed by atoms with Gasteiger partial charge in [0.25, 0.3) is 0 Å². The second kappa shape index (κ2) is 8.88. The number of aliphatic hydroxyl groups is 3. The average Bonchev–Trinajstić information content (AvgIpc) is 1.89. The second-order valence-electron chi connectivity index (χ2n) is 2.15. The van der Waals surface area contributed by atoms with Gasteiger partial charge in [-0.15, -0.1) is 0 Å². The zero-order valence-corrected chi connectivity index (χ0v) is 6.91. The van der Waals surface area contributed by atoms with E-state index in [4.69, 9.17) is 15.3 Å². The van der Waals surface area contributed by atoms with Crippen LogP contribution < -0.4 is 0 Å². The molecule has 10 heavy (non-hydrogen) atoms. The van der Waals surface area contributed by atoms with Crippen molar-refractivity contribution in [3.63, 3.8) is 0 Å². The van der Waals surface area contributed by atoms with Crippen LogP contribution in [-0.4, -0.2) is 27.7 Å². The third-order valence-electron chi connectivity index (χ3n) is 0.956. The number of aliphatic hydroxyl groups excluding tert-OH is 2. The lowest BCUT2D eigenvalue weighted by Crippen LogP contribution is -1.99. The lowest BCUT2D eigenvalue weighted by Gasteiger charge is -1.90. The summed E-state index contributed by atoms with van der Waals surface area (Å²) in [5.41, 5.74) is 0. The molecule has 0 saturated carbocycles. The van der Waals surface area contributed by atoms with Crippen molar-refractivity contribution in [2.75, 3.05) is 0 Å². The minimum absolute atomic E-state index is 0.116. The highest BCUT2D eigenvalue weighted by Gasteiger charge is 1.83. The first-order chi connectivity index (χ1) is 4.54. The second-order valence-corrected chi connectivity index (χ2v) is 2.15. The molecule has 0 saturated heterocycles. The summed E-state index contributed by atoms with van der Waals surface area (Å²) in [7, 11) is 0. The molecule has 3 nitrogen and oxygen atoms in total. The number of rotatable bonds is 2. The van der Waals surface area contributed by atoms with Gasteiger partial charge in [-0.2, -0.15) is 0 Å². The molecule has 3 N–H and O–H groups in total. The van der Waals surface area contributed by atoms with Gasteiger partial charge in [-0.25, -0.2) is 0 Å². The van der Waals surface area contributed by atoms with Gasteiger partial charge in [-0.05, 0) is 19.8 Å². The molecule has 0 fully saturated rings. The summed E-state index contributed by atoms with van der Waals surface area (Å²) in [6.45, 7) is 5.43. The zero-order chi connectivity index (χ0) is 8.57. The quantitative estimate of drug-likeness (QED) is 0.502. The van der Waals surface area contributed by atoms with Gasteiger partial charge in [0, 0.05) is 0 Å². The van der Waals surface area contributed by atoms with E-state index in [1.165, 1.54) is 0 Å². The highest BCUT2D eigenvalue weighted by molar-refractivity contribution is 4.34. The Hall–Kier alpha value is -0.120. The summed E-state index contributed by atoms with van der Waals surface area (Å²) in [4.78, 5) is 0. The van der Waals surface area contributed by atoms with E-state index < -0.39 is 6.29 Å². The van der Waals surface area contributed by atoms with Crippen molar-refractivity contribution in [2.24, 2.45) is 0 Å². The minimum atomic E-state index is -1.12. The van der Waals surface area contributed by atoms with Crippen molar-refractivity contribution in [1.82, 2.24) is 0 Å². The van der Waals surface area contributed by atoms with Crippen LogP contribution in [-0.2, 0) is 0 Å². The summed E-state index contributed by atoms with van der Waals surface area (Å²) in [5.74, 6) is 0. The van der Waals surface area contributed by atoms with Gasteiger partial charge in [0.2, 0.25) is 0 Å². The molecule has 0 aliphatic heterocycles. The monoisotopic (exact) mass is 150 g/mol. The van der Waals surface area contributed by atoms with Crippen molar-refractivity contribution in [3.05, 3.63) is 0 Å². The molecule has 0 amide bonds. The molecular formula is C7H18O3. The van der Waals surface area contributed by atoms with Crippen LogP contribution in [0.15, 0.2) is 0 Å². The van der Waals surface area contributed by atoms with Gasteiger partial charge in [-0.1, -0.05) is 13.8 Å². The summed E-state index contributed by atoms with van der Waals surface area (Å²) < 4.78 is 0. The van der Waals surface area contributed by atoms with Gasteiger partial charge < -0.3 is 15.3 Å². The van der Waals surface area contributed by atoms with Crippen LogP contribution in [0.3, 0.4) is 0 Å². The molecule has 3 heteroatoms. The van der Waals surface area contributed by atoms with E-state index in [1.54, 1.807) is 13.8 Å². The van der Waals surface area contributed by atoms with E-state index in [1.807, 2.05) is 6.92 Å². The highest BCUT2D eigenvalue weighted by atomic mass is 16.5. The van der Waals surface area contributed by atoms with Crippen LogP contribution in [0.2, 0.25) is 0 Å². The molecule has 0 bridgehead atoms. The van der Waals surface area contributed by atoms with Crippen molar-refractivity contribution in [3.8, 4) is 0 Å². The molecule has 0 rings (SSSR count). The standard InChI is InChI=1S/C4H10O.C3H8O2/c1-3-4(2)5;1-2-3(4)5/h4-5H,3H2,1-2H3;3-5H,2H2,1H3. The zero-order valence-electron chi connectivity index (χ0n) is 6.91. The van der Waals surface area contributed by atoms with Crippen molar-refractivity contribution in [1.29, 1.82) is 0 Å². The molecule has 0 heterocycles. The fraction of sp³-hybridized carbons (Fsp3) is 1.00. The average molecular weight is 150 g/mol. The first-order valence-electron chi connectivity index (χ1n) is 3.58. The van der Waals surface area contributed by atoms with Crippen LogP contribution in [0.4, 0.5) is 0 Å². The third kappa shape index (κ3) is 24.8. The third-order valence-corrected chi connectivity index (χ3v) is 0.956. The molecular weight excluding hydrogens is 132 g/mol. The normalized spacial score (nSPS) is 12.3. The predicted molar refractivity (Wildman–Crippen MR) is 40.5 cm³/mol. The van der Waals surface area contributed by atoms with E-state index in [0.29, 0.717) is 6.42 Å². The van der Waals surface area contributed by atoms with Crippen LogP contribution in [0.25, 0.3) is 0 Å². The van der Waals surface area contributed by atoms with Crippen LogP contribution >= 0.6 is 0 Å². The lowest BCUT2D eigenvalue weighted by atomic mass is 10.3. The van der Waals surface area contributed by atoms with E-state index in [2.05, 4.69) is 0 Å². The molecule has 0 aliphatic rings. The van der Waals surface area contributed by atoms with E-state index in [9.17, 15) is 0 Å². The summed E-state index contributed by atoms with van der Waals surface area (Å²) >= 11 is 0. The molecule has 0 aromatic rings. The van der Waals surface area contributed by atoms with Crippen molar-refractivity contribution < 1.29 is 15.3 Å². The van der Waals surface area contributed by atoms with Gasteiger partial charge in [0.05, 0.1) is 6.10 Å². The first kappa shape index (κ1) is 12.5. The molecule has 0 spiro atoms. The molecule has 0 aromatic heterocycles. The lowest BCUT2D eigenvalue weighted by molar-refractivity contribution is -0.0413. The van der Waals surface area contributed by atoms with Crippen LogP contribution in [0, 0.1) is 0 Å². The molecule has 0 aromatic carbocycles. The largest absolute Gasteiger partial charge is 0.393 e. The van der Waals surface area contributed by atoms with Crippen molar-refractivity contribution >= 4 is 0 Å². The first-order valence-corrected chi connectivity index (χ1v) is 3.58. The SMILES string of the molecule is CCC(C)O.CCC(O)O. The summed E-state index contributed by atoms with van der Waals surface area (Å²) in [6.07, 6.45) is 0.0463. The van der Waals surface area contributed by atoms with Crippen LogP contribution in [0.1, 0.15) is 33.6 Å². The smallest absolute Gasteiger partial charge is 0.151 e. The minimum Gasteiger partial charge on any atom is -0.393 e. The van der Waals surface area contributed by atoms with Gasteiger partial charge in [-0.3, -0.25) is 0 Å². The van der Waals surface area contributed by atoms with Crippen molar-refractivity contribution in [2.45, 2.75) is 46.0 Å². The number of hydrogen-bond donors (Lipinski definition) is 3. The maximum Gasteiger partial charge on any atom is 0.151 e. The Kier molecular flexibility index (Phi) is 11.1. The van der Waals surface area contributed by atoms with E-state index in [0.717, 1.165) is 6.42 Å². The maximum absolute atomic E-state index is 8.36. The fourth-order valence-corrected chi connectivity index (χ4v) is 0. The fourth-order valence-electron chi connectivity index (χ4n) is 0. The van der Waals surface area contributed by atoms with E-state index in [-0.39, 0.29) is 6.10 Å². The Morgan fingerprint density at radius 2 is 1.20 bits per heavy atom. The van der Waals surface area contributed by atoms with Gasteiger partial charge in [0.15, 0.2) is 6.29 Å². The Balaban J connectivity index is 0. The Labute approximate surface area is 62.3 Å². The topological polar surface area (TPSA) is 60.7 Å². The summed E-state index contributed by atoms with van der Waals surface area (Å²) in [5, 5.41) is 24.2. The molecule has 0 aliphatic carbocycles. The Morgan fingerprint density at radius 1 is 1.00 bits per heavy atom. The Morgan fingerprint density at radius 3 is 1.20 bits per heavy atom. The molecule has 1 unspecified atom stereocenters. The molecule has 1 atom stereocenters. The van der Waals surface area contributed by atoms with E-state index >= 15 is 0 Å². The van der Waals surface area contributed by atoms with Crippen LogP contribution in [0.5, 0.6) is 0 Å². The highest BCUT2D eigenvalue weighted by Crippen LogP contribution is 1.81. The maximum atomic E-state index is 8.36.